The van der Waals surface area contributed by atoms with Crippen LogP contribution in [0.3, 0.4) is 0 Å². The summed E-state index contributed by atoms with van der Waals surface area (Å²) in [7, 11) is 0. The maximum absolute atomic E-state index is 12.8. The van der Waals surface area contributed by atoms with Crippen molar-refractivity contribution in [2.24, 2.45) is 5.92 Å². The molecule has 0 spiro atoms. The largest absolute Gasteiger partial charge is 0.494 e. The molecule has 0 bridgehead atoms. The van der Waals surface area contributed by atoms with E-state index in [9.17, 15) is 20.1 Å². The van der Waals surface area contributed by atoms with Crippen LogP contribution in [0.4, 0.5) is 0 Å². The summed E-state index contributed by atoms with van der Waals surface area (Å²) in [4.78, 5) is 12.8. The number of rotatable bonds is 10. The highest BCUT2D eigenvalue weighted by atomic mass is 16.5. The second-order valence-electron chi connectivity index (χ2n) is 11.4. The Hall–Kier alpha value is -3.75. The molecule has 7 nitrogen and oxygen atoms in total. The van der Waals surface area contributed by atoms with Crippen molar-refractivity contribution in [3.8, 4) is 5.75 Å². The predicted molar refractivity (Wildman–Crippen MR) is 166 cm³/mol. The van der Waals surface area contributed by atoms with Crippen LogP contribution < -0.4 is 10.1 Å². The van der Waals surface area contributed by atoms with Crippen LogP contribution >= 0.6 is 0 Å². The molecule has 7 atom stereocenters. The van der Waals surface area contributed by atoms with E-state index in [-0.39, 0.29) is 17.9 Å². The minimum absolute atomic E-state index is 0.0176. The molecule has 1 fully saturated rings. The zero-order valence-electron chi connectivity index (χ0n) is 24.7. The number of nitrogens with one attached hydrogen (secondary N) is 1. The van der Waals surface area contributed by atoms with Crippen molar-refractivity contribution in [2.45, 2.75) is 69.7 Å². The number of aryl methyl sites for hydroxylation is 1. The second kappa shape index (κ2) is 14.1. The third-order valence-corrected chi connectivity index (χ3v) is 8.41. The van der Waals surface area contributed by atoms with Crippen molar-refractivity contribution in [2.75, 3.05) is 6.61 Å². The molecule has 43 heavy (non-hydrogen) atoms. The second-order valence-corrected chi connectivity index (χ2v) is 11.4. The summed E-state index contributed by atoms with van der Waals surface area (Å²) in [6, 6.07) is 22.8. The molecule has 3 aromatic carbocycles. The SMILES string of the molecule is CCOc1ccc(Cc2cc(C3OC(CCC4C=CC=CC4NC(=O)c4ccccc4)C(O)C(O)C3O)ccc2C)cc1. The first-order valence-electron chi connectivity index (χ1n) is 15.1. The fourth-order valence-corrected chi connectivity index (χ4v) is 5.88. The topological polar surface area (TPSA) is 108 Å². The van der Waals surface area contributed by atoms with E-state index in [1.807, 2.05) is 98.8 Å². The van der Waals surface area contributed by atoms with Gasteiger partial charge in [0, 0.05) is 11.5 Å². The van der Waals surface area contributed by atoms with Gasteiger partial charge in [-0.25, -0.2) is 0 Å². The van der Waals surface area contributed by atoms with E-state index in [0.717, 1.165) is 28.0 Å². The summed E-state index contributed by atoms with van der Waals surface area (Å²) in [6.07, 6.45) is 4.26. The van der Waals surface area contributed by atoms with Crippen LogP contribution in [-0.2, 0) is 11.2 Å². The quantitative estimate of drug-likeness (QED) is 0.272. The van der Waals surface area contributed by atoms with E-state index in [1.165, 1.54) is 0 Å². The summed E-state index contributed by atoms with van der Waals surface area (Å²) >= 11 is 0. The molecule has 0 saturated carbocycles. The zero-order chi connectivity index (χ0) is 30.3. The van der Waals surface area contributed by atoms with Gasteiger partial charge in [-0.2, -0.15) is 0 Å². The van der Waals surface area contributed by atoms with Gasteiger partial charge in [-0.1, -0.05) is 72.8 Å². The van der Waals surface area contributed by atoms with Crippen LogP contribution in [0.2, 0.25) is 0 Å². The van der Waals surface area contributed by atoms with E-state index in [4.69, 9.17) is 9.47 Å². The van der Waals surface area contributed by atoms with E-state index in [1.54, 1.807) is 12.1 Å². The Kier molecular flexibility index (Phi) is 10.1. The molecular weight excluding hydrogens is 542 g/mol. The van der Waals surface area contributed by atoms with Crippen LogP contribution in [0.25, 0.3) is 0 Å². The number of hydrogen-bond donors (Lipinski definition) is 4. The lowest BCUT2D eigenvalue weighted by Crippen LogP contribution is -2.54. The highest BCUT2D eigenvalue weighted by Crippen LogP contribution is 2.36. The highest BCUT2D eigenvalue weighted by Gasteiger charge is 2.44. The van der Waals surface area contributed by atoms with E-state index in [0.29, 0.717) is 31.4 Å². The maximum Gasteiger partial charge on any atom is 0.251 e. The number of benzene rings is 3. The Bertz CT molecular complexity index is 1420. The van der Waals surface area contributed by atoms with Crippen molar-refractivity contribution >= 4 is 5.91 Å². The number of aliphatic hydroxyl groups is 3. The Morgan fingerprint density at radius 1 is 0.884 bits per heavy atom. The number of ether oxygens (including phenoxy) is 2. The summed E-state index contributed by atoms with van der Waals surface area (Å²) in [5.74, 6) is 0.665. The molecule has 1 aliphatic heterocycles. The molecule has 1 heterocycles. The average molecular weight is 584 g/mol. The molecule has 1 aliphatic carbocycles. The van der Waals surface area contributed by atoms with Gasteiger partial charge in [0.25, 0.3) is 5.91 Å². The normalized spacial score (nSPS) is 26.7. The number of aliphatic hydroxyl groups excluding tert-OH is 3. The molecule has 2 aliphatic rings. The Labute approximate surface area is 253 Å². The first kappa shape index (κ1) is 30.7. The molecule has 1 saturated heterocycles. The first-order chi connectivity index (χ1) is 20.8. The number of carbonyl (C=O) groups is 1. The van der Waals surface area contributed by atoms with Crippen molar-refractivity contribution in [3.63, 3.8) is 0 Å². The molecule has 4 N–H and O–H groups in total. The van der Waals surface area contributed by atoms with E-state index >= 15 is 0 Å². The van der Waals surface area contributed by atoms with Crippen LogP contribution in [0.5, 0.6) is 5.75 Å². The average Bonchev–Trinajstić information content (AvgIpc) is 3.03. The zero-order valence-corrected chi connectivity index (χ0v) is 24.7. The van der Waals surface area contributed by atoms with Crippen molar-refractivity contribution in [3.05, 3.63) is 125 Å². The summed E-state index contributed by atoms with van der Waals surface area (Å²) < 4.78 is 11.9. The lowest BCUT2D eigenvalue weighted by Gasteiger charge is -2.41. The molecule has 7 heteroatoms. The van der Waals surface area contributed by atoms with Gasteiger partial charge in [-0.05, 0) is 79.6 Å². The van der Waals surface area contributed by atoms with E-state index < -0.39 is 30.5 Å². The number of hydrogen-bond acceptors (Lipinski definition) is 6. The highest BCUT2D eigenvalue weighted by molar-refractivity contribution is 5.94. The minimum atomic E-state index is -1.35. The van der Waals surface area contributed by atoms with Crippen molar-refractivity contribution in [1.29, 1.82) is 0 Å². The van der Waals surface area contributed by atoms with Gasteiger partial charge in [0.2, 0.25) is 0 Å². The van der Waals surface area contributed by atoms with Crippen molar-refractivity contribution < 1.29 is 29.6 Å². The van der Waals surface area contributed by atoms with Gasteiger partial charge < -0.3 is 30.1 Å². The van der Waals surface area contributed by atoms with Gasteiger partial charge in [-0.15, -0.1) is 0 Å². The first-order valence-corrected chi connectivity index (χ1v) is 15.1. The fourth-order valence-electron chi connectivity index (χ4n) is 5.88. The van der Waals surface area contributed by atoms with E-state index in [2.05, 4.69) is 5.32 Å². The third kappa shape index (κ3) is 7.43. The Morgan fingerprint density at radius 2 is 1.63 bits per heavy atom. The fraction of sp³-hybridized carbons (Fsp3) is 0.361. The number of carbonyl (C=O) groups excluding carboxylic acids is 1. The smallest absolute Gasteiger partial charge is 0.251 e. The Balaban J connectivity index is 1.26. The molecule has 3 aromatic rings. The van der Waals surface area contributed by atoms with Crippen LogP contribution in [0, 0.1) is 12.8 Å². The molecule has 226 valence electrons. The number of allylic oxidation sites excluding steroid dienone is 2. The third-order valence-electron chi connectivity index (χ3n) is 8.41. The van der Waals surface area contributed by atoms with Crippen LogP contribution in [0.15, 0.2) is 97.1 Å². The van der Waals surface area contributed by atoms with Gasteiger partial charge in [0.15, 0.2) is 0 Å². The minimum Gasteiger partial charge on any atom is -0.494 e. The van der Waals surface area contributed by atoms with Gasteiger partial charge in [0.1, 0.15) is 30.2 Å². The molecule has 1 amide bonds. The molecule has 7 unspecified atom stereocenters. The summed E-state index contributed by atoms with van der Waals surface area (Å²) in [5.41, 5.74) is 4.68. The standard InChI is InChI=1S/C36H41NO6/c1-3-42-29-18-14-24(15-19-29)21-28-22-27(16-13-23(28)2)35-34(40)33(39)32(38)31(43-35)20-17-25-9-7-8-12-30(25)37-36(41)26-10-5-4-6-11-26/h4-16,18-19,22,25,30-35,38-40H,3,17,20-21H2,1-2H3,(H,37,41). The monoisotopic (exact) mass is 583 g/mol. The van der Waals surface area contributed by atoms with Gasteiger partial charge >= 0.3 is 0 Å². The van der Waals surface area contributed by atoms with Gasteiger partial charge in [0.05, 0.1) is 18.8 Å². The van der Waals surface area contributed by atoms with Crippen molar-refractivity contribution in [1.82, 2.24) is 5.32 Å². The maximum atomic E-state index is 12.8. The molecule has 5 rings (SSSR count). The molecular formula is C36H41NO6. The predicted octanol–water partition coefficient (Wildman–Crippen LogP) is 4.83. The molecule has 0 aromatic heterocycles. The number of amides is 1. The molecule has 0 radical (unpaired) electrons. The van der Waals surface area contributed by atoms with Crippen LogP contribution in [-0.4, -0.2) is 58.3 Å². The van der Waals surface area contributed by atoms with Crippen LogP contribution in [0.1, 0.15) is 58.5 Å². The Morgan fingerprint density at radius 3 is 2.37 bits per heavy atom. The van der Waals surface area contributed by atoms with Gasteiger partial charge in [-0.3, -0.25) is 4.79 Å². The summed E-state index contributed by atoms with van der Waals surface area (Å²) in [5, 5.41) is 35.8. The lowest BCUT2D eigenvalue weighted by molar-refractivity contribution is -0.226. The lowest BCUT2D eigenvalue weighted by atomic mass is 9.85. The summed E-state index contributed by atoms with van der Waals surface area (Å²) in [6.45, 7) is 4.62.